The van der Waals surface area contributed by atoms with Crippen molar-refractivity contribution in [2.45, 2.75) is 19.8 Å². The Morgan fingerprint density at radius 1 is 0.633 bits per heavy atom. The monoisotopic (exact) mass is 392 g/mol. The molecule has 148 valence electrons. The van der Waals surface area contributed by atoms with Crippen LogP contribution in [0.25, 0.3) is 11.1 Å². The van der Waals surface area contributed by atoms with Gasteiger partial charge in [-0.1, -0.05) is 84.4 Å². The molecule has 0 unspecified atom stereocenters. The van der Waals surface area contributed by atoms with Gasteiger partial charge in [-0.15, -0.1) is 0 Å². The van der Waals surface area contributed by atoms with E-state index in [0.717, 1.165) is 12.8 Å². The third kappa shape index (κ3) is 5.03. The Bertz CT molecular complexity index is 1090. The third-order valence-corrected chi connectivity index (χ3v) is 5.18. The van der Waals surface area contributed by atoms with Gasteiger partial charge in [-0.3, -0.25) is 0 Å². The van der Waals surface area contributed by atoms with Crippen molar-refractivity contribution in [1.29, 1.82) is 0 Å². The van der Waals surface area contributed by atoms with Crippen LogP contribution >= 0.6 is 0 Å². The smallest absolute Gasteiger partial charge is 0.343 e. The zero-order valence-corrected chi connectivity index (χ0v) is 17.0. The Morgan fingerprint density at radius 2 is 1.13 bits per heavy atom. The fourth-order valence-corrected chi connectivity index (χ4v) is 3.36. The number of aryl methyl sites for hydroxylation is 3. The lowest BCUT2D eigenvalue weighted by Gasteiger charge is -2.07. The summed E-state index contributed by atoms with van der Waals surface area (Å²) < 4.78 is 5.44. The first-order chi connectivity index (χ1) is 14.7. The average Bonchev–Trinajstić information content (AvgIpc) is 2.80. The van der Waals surface area contributed by atoms with Crippen molar-refractivity contribution in [2.75, 3.05) is 0 Å². The maximum Gasteiger partial charge on any atom is 0.343 e. The third-order valence-electron chi connectivity index (χ3n) is 5.18. The summed E-state index contributed by atoms with van der Waals surface area (Å²) in [6.45, 7) is 2.10. The van der Waals surface area contributed by atoms with Crippen LogP contribution in [-0.2, 0) is 12.8 Å². The summed E-state index contributed by atoms with van der Waals surface area (Å²) in [4.78, 5) is 12.1. The highest BCUT2D eigenvalue weighted by Crippen LogP contribution is 2.21. The molecule has 0 saturated heterocycles. The van der Waals surface area contributed by atoms with Crippen molar-refractivity contribution in [1.82, 2.24) is 0 Å². The van der Waals surface area contributed by atoms with Crippen LogP contribution in [0.2, 0.25) is 0 Å². The molecule has 2 nitrogen and oxygen atoms in total. The molecule has 4 rings (SSSR count). The van der Waals surface area contributed by atoms with Crippen molar-refractivity contribution < 1.29 is 9.53 Å². The van der Waals surface area contributed by atoms with Gasteiger partial charge in [-0.2, -0.15) is 0 Å². The molecule has 0 fully saturated rings. The van der Waals surface area contributed by atoms with Crippen LogP contribution in [0.5, 0.6) is 5.75 Å². The van der Waals surface area contributed by atoms with Gasteiger partial charge in [0, 0.05) is 0 Å². The molecule has 0 aliphatic heterocycles. The van der Waals surface area contributed by atoms with Gasteiger partial charge < -0.3 is 4.74 Å². The lowest BCUT2D eigenvalue weighted by atomic mass is 10.00. The van der Waals surface area contributed by atoms with E-state index in [1.54, 1.807) is 12.1 Å². The van der Waals surface area contributed by atoms with E-state index in [4.69, 9.17) is 4.74 Å². The van der Waals surface area contributed by atoms with Crippen LogP contribution in [0, 0.1) is 6.92 Å². The second kappa shape index (κ2) is 9.23. The number of carbonyl (C=O) groups is 1. The van der Waals surface area contributed by atoms with Crippen molar-refractivity contribution in [3.05, 3.63) is 125 Å². The van der Waals surface area contributed by atoms with Crippen LogP contribution in [-0.4, -0.2) is 5.97 Å². The SMILES string of the molecule is Cc1ccc(-c2ccc(CCc3ccc(OC(=O)c4ccccc4)cc3)cc2)cc1. The molecule has 0 aromatic heterocycles. The van der Waals surface area contributed by atoms with Gasteiger partial charge in [0.05, 0.1) is 5.56 Å². The standard InChI is InChI=1S/C28H24O2/c1-21-7-15-24(16-8-21)25-17-11-22(12-18-25)9-10-23-13-19-27(20-14-23)30-28(29)26-5-3-2-4-6-26/h2-8,11-20H,9-10H2,1H3. The zero-order valence-electron chi connectivity index (χ0n) is 17.0. The maximum absolute atomic E-state index is 12.1. The van der Waals surface area contributed by atoms with E-state index in [1.807, 2.05) is 42.5 Å². The molecule has 4 aromatic carbocycles. The predicted molar refractivity (Wildman–Crippen MR) is 122 cm³/mol. The second-order valence-corrected chi connectivity index (χ2v) is 7.46. The lowest BCUT2D eigenvalue weighted by molar-refractivity contribution is 0.0734. The minimum Gasteiger partial charge on any atom is -0.423 e. The molecule has 0 aliphatic rings. The lowest BCUT2D eigenvalue weighted by Crippen LogP contribution is -2.08. The number of hydrogen-bond acceptors (Lipinski definition) is 2. The molecule has 0 saturated carbocycles. The van der Waals surface area contributed by atoms with Gasteiger partial charge in [0.25, 0.3) is 0 Å². The Morgan fingerprint density at radius 3 is 1.70 bits per heavy atom. The van der Waals surface area contributed by atoms with E-state index in [9.17, 15) is 4.79 Å². The summed E-state index contributed by atoms with van der Waals surface area (Å²) in [7, 11) is 0. The maximum atomic E-state index is 12.1. The normalized spacial score (nSPS) is 10.6. The molecular weight excluding hydrogens is 368 g/mol. The van der Waals surface area contributed by atoms with E-state index in [0.29, 0.717) is 11.3 Å². The van der Waals surface area contributed by atoms with Crippen LogP contribution in [0.15, 0.2) is 103 Å². The fourth-order valence-electron chi connectivity index (χ4n) is 3.36. The van der Waals surface area contributed by atoms with E-state index in [-0.39, 0.29) is 5.97 Å². The average molecular weight is 392 g/mol. The largest absolute Gasteiger partial charge is 0.423 e. The molecule has 0 aliphatic carbocycles. The van der Waals surface area contributed by atoms with Crippen LogP contribution in [0.1, 0.15) is 27.0 Å². The fraction of sp³-hybridized carbons (Fsp3) is 0.107. The molecule has 0 spiro atoms. The quantitative estimate of drug-likeness (QED) is 0.271. The second-order valence-electron chi connectivity index (χ2n) is 7.46. The topological polar surface area (TPSA) is 26.3 Å². The van der Waals surface area contributed by atoms with Crippen molar-refractivity contribution in [3.8, 4) is 16.9 Å². The summed E-state index contributed by atoms with van der Waals surface area (Å²) >= 11 is 0. The van der Waals surface area contributed by atoms with Gasteiger partial charge >= 0.3 is 5.97 Å². The number of benzene rings is 4. The summed E-state index contributed by atoms with van der Waals surface area (Å²) in [5, 5.41) is 0. The van der Waals surface area contributed by atoms with Gasteiger partial charge in [-0.25, -0.2) is 4.79 Å². The van der Waals surface area contributed by atoms with E-state index >= 15 is 0 Å². The molecule has 4 aromatic rings. The van der Waals surface area contributed by atoms with Gasteiger partial charge in [0.15, 0.2) is 0 Å². The van der Waals surface area contributed by atoms with Crippen LogP contribution < -0.4 is 4.74 Å². The molecule has 0 radical (unpaired) electrons. The molecule has 2 heteroatoms. The van der Waals surface area contributed by atoms with Gasteiger partial charge in [0.1, 0.15) is 5.75 Å². The van der Waals surface area contributed by atoms with E-state index < -0.39 is 0 Å². The predicted octanol–water partition coefficient (Wildman–Crippen LogP) is 6.67. The minimum atomic E-state index is -0.336. The van der Waals surface area contributed by atoms with Gasteiger partial charge in [0.2, 0.25) is 0 Å². The number of esters is 1. The highest BCUT2D eigenvalue weighted by Gasteiger charge is 2.07. The highest BCUT2D eigenvalue weighted by atomic mass is 16.5. The Hall–Kier alpha value is -3.65. The Balaban J connectivity index is 1.33. The highest BCUT2D eigenvalue weighted by molar-refractivity contribution is 5.90. The van der Waals surface area contributed by atoms with Crippen molar-refractivity contribution >= 4 is 5.97 Å². The van der Waals surface area contributed by atoms with E-state index in [2.05, 4.69) is 55.5 Å². The number of ether oxygens (including phenoxy) is 1. The molecule has 30 heavy (non-hydrogen) atoms. The van der Waals surface area contributed by atoms with Crippen molar-refractivity contribution in [2.24, 2.45) is 0 Å². The first-order valence-corrected chi connectivity index (χ1v) is 10.2. The number of rotatable bonds is 6. The van der Waals surface area contributed by atoms with Gasteiger partial charge in [-0.05, 0) is 66.3 Å². The molecule has 0 heterocycles. The molecule has 0 N–H and O–H groups in total. The first-order valence-electron chi connectivity index (χ1n) is 10.2. The minimum absolute atomic E-state index is 0.336. The molecule has 0 amide bonds. The Kier molecular flexibility index (Phi) is 6.05. The summed E-state index contributed by atoms with van der Waals surface area (Å²) in [5.41, 5.74) is 6.84. The summed E-state index contributed by atoms with van der Waals surface area (Å²) in [6.07, 6.45) is 1.91. The number of hydrogen-bond donors (Lipinski definition) is 0. The van der Waals surface area contributed by atoms with E-state index in [1.165, 1.54) is 27.8 Å². The van der Waals surface area contributed by atoms with Crippen LogP contribution in [0.4, 0.5) is 0 Å². The first kappa shape index (κ1) is 19.7. The molecule has 0 bridgehead atoms. The summed E-state index contributed by atoms with van der Waals surface area (Å²) in [6, 6.07) is 34.2. The molecular formula is C28H24O2. The van der Waals surface area contributed by atoms with Crippen molar-refractivity contribution in [3.63, 3.8) is 0 Å². The number of carbonyl (C=O) groups excluding carboxylic acids is 1. The Labute approximate surface area is 177 Å². The zero-order chi connectivity index (χ0) is 20.8. The molecule has 0 atom stereocenters. The summed E-state index contributed by atoms with van der Waals surface area (Å²) in [5.74, 6) is 0.229. The van der Waals surface area contributed by atoms with Crippen LogP contribution in [0.3, 0.4) is 0 Å².